The monoisotopic (exact) mass is 437 g/mol. The third-order valence-corrected chi connectivity index (χ3v) is 4.61. The van der Waals surface area contributed by atoms with Crippen LogP contribution in [0.3, 0.4) is 0 Å². The fourth-order valence-electron chi connectivity index (χ4n) is 3.03. The van der Waals surface area contributed by atoms with Crippen molar-refractivity contribution in [2.24, 2.45) is 0 Å². The second-order valence-electron chi connectivity index (χ2n) is 6.94. The van der Waals surface area contributed by atoms with Crippen molar-refractivity contribution in [2.75, 3.05) is 6.79 Å². The SMILES string of the molecule is O=C(N[C@@H](c1ccccc1)C(OCOCc1ccccc1)C(=O)F)OCc1ccccc1. The van der Waals surface area contributed by atoms with Gasteiger partial charge >= 0.3 is 12.1 Å². The summed E-state index contributed by atoms with van der Waals surface area (Å²) in [5, 5.41) is 2.54. The minimum absolute atomic E-state index is 0.0312. The highest BCUT2D eigenvalue weighted by Gasteiger charge is 2.32. The zero-order valence-electron chi connectivity index (χ0n) is 17.4. The van der Waals surface area contributed by atoms with Crippen LogP contribution in [0.1, 0.15) is 22.7 Å². The van der Waals surface area contributed by atoms with Crippen LogP contribution in [-0.2, 0) is 32.2 Å². The summed E-state index contributed by atoms with van der Waals surface area (Å²) in [6.07, 6.45) is -2.40. The van der Waals surface area contributed by atoms with E-state index < -0.39 is 24.3 Å². The zero-order valence-corrected chi connectivity index (χ0v) is 17.4. The molecule has 0 fully saturated rings. The molecule has 2 atom stereocenters. The fraction of sp³-hybridized carbons (Fsp3) is 0.200. The number of rotatable bonds is 11. The Morgan fingerprint density at radius 3 is 1.88 bits per heavy atom. The molecular weight excluding hydrogens is 413 g/mol. The molecule has 32 heavy (non-hydrogen) atoms. The number of alkyl carbamates (subject to hydrolysis) is 1. The number of hydrogen-bond donors (Lipinski definition) is 1. The average Bonchev–Trinajstić information content (AvgIpc) is 2.83. The predicted molar refractivity (Wildman–Crippen MR) is 116 cm³/mol. The van der Waals surface area contributed by atoms with Crippen molar-refractivity contribution in [1.29, 1.82) is 0 Å². The Morgan fingerprint density at radius 1 is 0.781 bits per heavy atom. The highest BCUT2D eigenvalue weighted by Crippen LogP contribution is 2.21. The molecule has 3 rings (SSSR count). The van der Waals surface area contributed by atoms with Crippen molar-refractivity contribution >= 4 is 12.1 Å². The first-order chi connectivity index (χ1) is 15.6. The lowest BCUT2D eigenvalue weighted by Crippen LogP contribution is -2.41. The quantitative estimate of drug-likeness (QED) is 0.267. The summed E-state index contributed by atoms with van der Waals surface area (Å²) >= 11 is 0. The lowest BCUT2D eigenvalue weighted by atomic mass is 10.0. The summed E-state index contributed by atoms with van der Waals surface area (Å²) in [7, 11) is 0. The standard InChI is InChI=1S/C25H24FNO5/c26-24(28)23(32-18-30-16-19-10-4-1-5-11-19)22(21-14-8-3-9-15-21)27-25(29)31-17-20-12-6-2-7-13-20/h1-15,22-23H,16-18H2,(H,27,29)/t22-,23?/m0/s1. The Hall–Kier alpha value is -3.55. The lowest BCUT2D eigenvalue weighted by molar-refractivity contribution is -0.157. The van der Waals surface area contributed by atoms with E-state index in [1.54, 1.807) is 30.3 Å². The van der Waals surface area contributed by atoms with Gasteiger partial charge in [-0.2, -0.15) is 4.39 Å². The number of amides is 1. The molecular formula is C25H24FNO5. The second kappa shape index (κ2) is 12.3. The van der Waals surface area contributed by atoms with Crippen LogP contribution in [-0.4, -0.2) is 25.0 Å². The minimum Gasteiger partial charge on any atom is -0.445 e. The van der Waals surface area contributed by atoms with Gasteiger partial charge in [-0.1, -0.05) is 91.0 Å². The molecule has 7 heteroatoms. The molecule has 0 aliphatic heterocycles. The molecule has 0 spiro atoms. The van der Waals surface area contributed by atoms with Gasteiger partial charge in [0.05, 0.1) is 12.6 Å². The molecule has 1 amide bonds. The first-order valence-corrected chi connectivity index (χ1v) is 10.1. The largest absolute Gasteiger partial charge is 0.445 e. The van der Waals surface area contributed by atoms with Crippen molar-refractivity contribution < 1.29 is 28.2 Å². The maximum absolute atomic E-state index is 13.9. The normalized spacial score (nSPS) is 12.5. The predicted octanol–water partition coefficient (Wildman–Crippen LogP) is 4.71. The Labute approximate surface area is 185 Å². The first-order valence-electron chi connectivity index (χ1n) is 10.1. The minimum atomic E-state index is -1.73. The van der Waals surface area contributed by atoms with Gasteiger partial charge in [0.15, 0.2) is 6.10 Å². The molecule has 0 aliphatic rings. The lowest BCUT2D eigenvalue weighted by Gasteiger charge is -2.25. The molecule has 0 aromatic heterocycles. The van der Waals surface area contributed by atoms with E-state index in [1.165, 1.54) is 0 Å². The summed E-state index contributed by atoms with van der Waals surface area (Å²) in [6, 6.07) is 24.1. The Morgan fingerprint density at radius 2 is 1.31 bits per heavy atom. The summed E-state index contributed by atoms with van der Waals surface area (Å²) in [6.45, 7) is -0.0701. The molecule has 166 valence electrons. The number of hydrogen-bond acceptors (Lipinski definition) is 5. The van der Waals surface area contributed by atoms with E-state index in [-0.39, 0.29) is 20.0 Å². The van der Waals surface area contributed by atoms with Crippen molar-refractivity contribution in [3.63, 3.8) is 0 Å². The number of halogens is 1. The van der Waals surface area contributed by atoms with E-state index in [4.69, 9.17) is 14.2 Å². The van der Waals surface area contributed by atoms with Crippen LogP contribution in [0.2, 0.25) is 0 Å². The Balaban J connectivity index is 1.63. The van der Waals surface area contributed by atoms with Gasteiger partial charge in [0.2, 0.25) is 0 Å². The topological polar surface area (TPSA) is 73.9 Å². The highest BCUT2D eigenvalue weighted by molar-refractivity contribution is 5.76. The molecule has 0 bridgehead atoms. The molecule has 3 aromatic rings. The van der Waals surface area contributed by atoms with Gasteiger partial charge in [0.25, 0.3) is 0 Å². The van der Waals surface area contributed by atoms with Gasteiger partial charge in [0, 0.05) is 0 Å². The van der Waals surface area contributed by atoms with Crippen LogP contribution in [0.25, 0.3) is 0 Å². The van der Waals surface area contributed by atoms with E-state index in [0.29, 0.717) is 5.56 Å². The molecule has 1 N–H and O–H groups in total. The number of nitrogens with one attached hydrogen (secondary N) is 1. The molecule has 6 nitrogen and oxygen atoms in total. The van der Waals surface area contributed by atoms with Crippen LogP contribution in [0, 0.1) is 0 Å². The molecule has 0 saturated heterocycles. The van der Waals surface area contributed by atoms with Crippen LogP contribution in [0.4, 0.5) is 9.18 Å². The van der Waals surface area contributed by atoms with E-state index in [0.717, 1.165) is 11.1 Å². The molecule has 0 radical (unpaired) electrons. The maximum Gasteiger partial charge on any atom is 0.408 e. The Bertz CT molecular complexity index is 969. The summed E-state index contributed by atoms with van der Waals surface area (Å²) in [5.74, 6) is 0. The summed E-state index contributed by atoms with van der Waals surface area (Å²) in [4.78, 5) is 24.1. The van der Waals surface area contributed by atoms with Gasteiger partial charge in [-0.25, -0.2) is 4.79 Å². The van der Waals surface area contributed by atoms with Gasteiger partial charge < -0.3 is 19.5 Å². The third-order valence-electron chi connectivity index (χ3n) is 4.61. The first kappa shape index (κ1) is 23.1. The van der Waals surface area contributed by atoms with Gasteiger partial charge in [-0.15, -0.1) is 0 Å². The number of ether oxygens (including phenoxy) is 3. The van der Waals surface area contributed by atoms with Crippen molar-refractivity contribution in [2.45, 2.75) is 25.4 Å². The fourth-order valence-corrected chi connectivity index (χ4v) is 3.03. The highest BCUT2D eigenvalue weighted by atomic mass is 19.1. The molecule has 0 saturated carbocycles. The van der Waals surface area contributed by atoms with E-state index in [2.05, 4.69) is 5.32 Å². The van der Waals surface area contributed by atoms with Gasteiger partial charge in [-0.3, -0.25) is 4.79 Å². The van der Waals surface area contributed by atoms with E-state index in [9.17, 15) is 14.0 Å². The Kier molecular flexibility index (Phi) is 8.92. The van der Waals surface area contributed by atoms with Crippen LogP contribution >= 0.6 is 0 Å². The number of carbonyl (C=O) groups excluding carboxylic acids is 2. The van der Waals surface area contributed by atoms with Gasteiger partial charge in [0.1, 0.15) is 13.4 Å². The second-order valence-corrected chi connectivity index (χ2v) is 6.94. The molecule has 0 aliphatic carbocycles. The van der Waals surface area contributed by atoms with E-state index in [1.807, 2.05) is 60.7 Å². The van der Waals surface area contributed by atoms with Crippen molar-refractivity contribution in [1.82, 2.24) is 5.32 Å². The number of carbonyl (C=O) groups is 2. The van der Waals surface area contributed by atoms with Crippen LogP contribution < -0.4 is 5.32 Å². The van der Waals surface area contributed by atoms with Crippen LogP contribution in [0.15, 0.2) is 91.0 Å². The molecule has 3 aromatic carbocycles. The van der Waals surface area contributed by atoms with E-state index >= 15 is 0 Å². The maximum atomic E-state index is 13.9. The number of benzene rings is 3. The molecule has 0 heterocycles. The van der Waals surface area contributed by atoms with Crippen LogP contribution in [0.5, 0.6) is 0 Å². The smallest absolute Gasteiger partial charge is 0.408 e. The third kappa shape index (κ3) is 7.30. The summed E-state index contributed by atoms with van der Waals surface area (Å²) < 4.78 is 30.0. The average molecular weight is 437 g/mol. The zero-order chi connectivity index (χ0) is 22.6. The molecule has 1 unspecified atom stereocenters. The van der Waals surface area contributed by atoms with Crippen molar-refractivity contribution in [3.8, 4) is 0 Å². The van der Waals surface area contributed by atoms with Crippen molar-refractivity contribution in [3.05, 3.63) is 108 Å². The van der Waals surface area contributed by atoms with Gasteiger partial charge in [-0.05, 0) is 16.7 Å². The summed E-state index contributed by atoms with van der Waals surface area (Å²) in [5.41, 5.74) is 2.19.